The molecule has 0 saturated carbocycles. The zero-order valence-corrected chi connectivity index (χ0v) is 13.3. The molecule has 0 fully saturated rings. The van der Waals surface area contributed by atoms with Crippen LogP contribution in [0.4, 0.5) is 0 Å². The Morgan fingerprint density at radius 3 is 2.84 bits per heavy atom. The maximum absolute atomic E-state index is 5.73. The summed E-state index contributed by atoms with van der Waals surface area (Å²) in [6, 6.07) is 4.18. The minimum Gasteiger partial charge on any atom is -0.490 e. The van der Waals surface area contributed by atoms with Gasteiger partial charge in [0.05, 0.1) is 17.7 Å². The fourth-order valence-corrected chi connectivity index (χ4v) is 2.61. The summed E-state index contributed by atoms with van der Waals surface area (Å²) in [7, 11) is 0. The first-order valence-corrected chi connectivity index (χ1v) is 7.75. The lowest BCUT2D eigenvalue weighted by atomic mass is 10.1. The monoisotopic (exact) mass is 327 g/mol. The summed E-state index contributed by atoms with van der Waals surface area (Å²) in [5.74, 6) is 2.43. The molecule has 0 radical (unpaired) electrons. The molecule has 2 rings (SSSR count). The highest BCUT2D eigenvalue weighted by Gasteiger charge is 2.15. The minimum atomic E-state index is 0.720. The molecule has 4 heteroatoms. The van der Waals surface area contributed by atoms with Crippen molar-refractivity contribution in [3.8, 4) is 11.5 Å². The van der Waals surface area contributed by atoms with Gasteiger partial charge in [0.1, 0.15) is 0 Å². The molecule has 0 unspecified atom stereocenters. The van der Waals surface area contributed by atoms with E-state index in [9.17, 15) is 0 Å². The Morgan fingerprint density at radius 1 is 1.26 bits per heavy atom. The summed E-state index contributed by atoms with van der Waals surface area (Å²) in [6.07, 6.45) is 2.13. The van der Waals surface area contributed by atoms with Gasteiger partial charge in [-0.25, -0.2) is 0 Å². The molecule has 0 aromatic heterocycles. The van der Waals surface area contributed by atoms with Crippen molar-refractivity contribution in [2.45, 2.75) is 33.2 Å². The Hall–Kier alpha value is -0.740. The van der Waals surface area contributed by atoms with Crippen LogP contribution in [-0.4, -0.2) is 19.8 Å². The van der Waals surface area contributed by atoms with Gasteiger partial charge in [-0.2, -0.15) is 0 Å². The molecule has 0 atom stereocenters. The lowest BCUT2D eigenvalue weighted by Gasteiger charge is -2.12. The van der Waals surface area contributed by atoms with Gasteiger partial charge in [-0.15, -0.1) is 0 Å². The van der Waals surface area contributed by atoms with Gasteiger partial charge in [0.2, 0.25) is 0 Å². The van der Waals surface area contributed by atoms with Gasteiger partial charge in [-0.05, 0) is 52.5 Å². The molecule has 1 aliphatic rings. The Morgan fingerprint density at radius 2 is 2.05 bits per heavy atom. The van der Waals surface area contributed by atoms with Gasteiger partial charge in [0.15, 0.2) is 11.5 Å². The van der Waals surface area contributed by atoms with Crippen molar-refractivity contribution < 1.29 is 9.47 Å². The Kier molecular flexibility index (Phi) is 5.52. The number of halogens is 1. The lowest BCUT2D eigenvalue weighted by molar-refractivity contribution is 0.296. The smallest absolute Gasteiger partial charge is 0.175 e. The average molecular weight is 328 g/mol. The predicted octanol–water partition coefficient (Wildman–Crippen LogP) is 3.75. The molecule has 0 spiro atoms. The Bertz CT molecular complexity index is 421. The van der Waals surface area contributed by atoms with E-state index in [0.717, 1.165) is 54.6 Å². The number of fused-ring (bicyclic) bond motifs is 1. The second kappa shape index (κ2) is 7.15. The summed E-state index contributed by atoms with van der Waals surface area (Å²) >= 11 is 3.57. The van der Waals surface area contributed by atoms with E-state index in [4.69, 9.17) is 9.47 Å². The van der Waals surface area contributed by atoms with E-state index in [1.54, 1.807) is 0 Å². The van der Waals surface area contributed by atoms with Crippen LogP contribution in [0.5, 0.6) is 11.5 Å². The van der Waals surface area contributed by atoms with Crippen molar-refractivity contribution in [3.63, 3.8) is 0 Å². The van der Waals surface area contributed by atoms with Gasteiger partial charge in [-0.1, -0.05) is 13.8 Å². The van der Waals surface area contributed by atoms with E-state index >= 15 is 0 Å². The number of hydrogen-bond acceptors (Lipinski definition) is 3. The third kappa shape index (κ3) is 4.39. The molecule has 3 nitrogen and oxygen atoms in total. The van der Waals surface area contributed by atoms with Crippen molar-refractivity contribution in [2.75, 3.05) is 19.8 Å². The van der Waals surface area contributed by atoms with Crippen LogP contribution in [0.1, 0.15) is 32.3 Å². The van der Waals surface area contributed by atoms with E-state index in [2.05, 4.69) is 47.2 Å². The fraction of sp³-hybridized carbons (Fsp3) is 0.600. The molecule has 0 saturated heterocycles. The van der Waals surface area contributed by atoms with Crippen LogP contribution < -0.4 is 14.8 Å². The number of ether oxygens (including phenoxy) is 2. The van der Waals surface area contributed by atoms with Crippen molar-refractivity contribution in [2.24, 2.45) is 5.92 Å². The molecule has 1 aromatic carbocycles. The number of benzene rings is 1. The summed E-state index contributed by atoms with van der Waals surface area (Å²) in [5.41, 5.74) is 1.22. The predicted molar refractivity (Wildman–Crippen MR) is 80.9 cm³/mol. The first-order valence-electron chi connectivity index (χ1n) is 6.95. The van der Waals surface area contributed by atoms with Gasteiger partial charge in [0, 0.05) is 13.0 Å². The summed E-state index contributed by atoms with van der Waals surface area (Å²) in [6.45, 7) is 7.84. The van der Waals surface area contributed by atoms with E-state index < -0.39 is 0 Å². The zero-order chi connectivity index (χ0) is 13.7. The van der Waals surface area contributed by atoms with Crippen LogP contribution in [0.25, 0.3) is 0 Å². The highest BCUT2D eigenvalue weighted by atomic mass is 79.9. The van der Waals surface area contributed by atoms with E-state index in [1.807, 2.05) is 0 Å². The van der Waals surface area contributed by atoms with Crippen molar-refractivity contribution >= 4 is 15.9 Å². The SMILES string of the molecule is CC(C)CCNCc1cc(Br)c2c(c1)OCCCO2. The molecular formula is C15H22BrNO2. The molecule has 1 heterocycles. The minimum absolute atomic E-state index is 0.720. The first kappa shape index (κ1) is 14.7. The van der Waals surface area contributed by atoms with Crippen molar-refractivity contribution in [3.05, 3.63) is 22.2 Å². The molecular weight excluding hydrogens is 306 g/mol. The summed E-state index contributed by atoms with van der Waals surface area (Å²) in [5, 5.41) is 3.47. The van der Waals surface area contributed by atoms with Gasteiger partial charge in [0.25, 0.3) is 0 Å². The standard InChI is InChI=1S/C15H22BrNO2/c1-11(2)4-5-17-10-12-8-13(16)15-14(9-12)18-6-3-7-19-15/h8-9,11,17H,3-7,10H2,1-2H3. The second-order valence-corrected chi connectivity index (χ2v) is 6.17. The lowest BCUT2D eigenvalue weighted by Crippen LogP contribution is -2.16. The molecule has 1 N–H and O–H groups in total. The van der Waals surface area contributed by atoms with E-state index in [1.165, 1.54) is 12.0 Å². The highest BCUT2D eigenvalue weighted by Crippen LogP contribution is 2.38. The van der Waals surface area contributed by atoms with Crippen molar-refractivity contribution in [1.29, 1.82) is 0 Å². The van der Waals surface area contributed by atoms with Gasteiger partial charge >= 0.3 is 0 Å². The molecule has 0 bridgehead atoms. The normalized spacial score (nSPS) is 14.5. The first-order chi connectivity index (χ1) is 9.16. The van der Waals surface area contributed by atoms with E-state index in [-0.39, 0.29) is 0 Å². The Balaban J connectivity index is 1.98. The van der Waals surface area contributed by atoms with Crippen LogP contribution in [0.15, 0.2) is 16.6 Å². The van der Waals surface area contributed by atoms with Crippen LogP contribution in [0.3, 0.4) is 0 Å². The van der Waals surface area contributed by atoms with Gasteiger partial charge in [-0.3, -0.25) is 0 Å². The highest BCUT2D eigenvalue weighted by molar-refractivity contribution is 9.10. The number of nitrogens with one attached hydrogen (secondary N) is 1. The molecule has 1 aliphatic heterocycles. The zero-order valence-electron chi connectivity index (χ0n) is 11.7. The number of hydrogen-bond donors (Lipinski definition) is 1. The maximum Gasteiger partial charge on any atom is 0.175 e. The molecule has 1 aromatic rings. The summed E-state index contributed by atoms with van der Waals surface area (Å²) in [4.78, 5) is 0. The topological polar surface area (TPSA) is 30.5 Å². The molecule has 0 amide bonds. The third-order valence-electron chi connectivity index (χ3n) is 3.09. The van der Waals surface area contributed by atoms with Crippen molar-refractivity contribution in [1.82, 2.24) is 5.32 Å². The van der Waals surface area contributed by atoms with E-state index in [0.29, 0.717) is 0 Å². The largest absolute Gasteiger partial charge is 0.490 e. The molecule has 19 heavy (non-hydrogen) atoms. The third-order valence-corrected chi connectivity index (χ3v) is 3.68. The molecule has 106 valence electrons. The number of rotatable bonds is 5. The van der Waals surface area contributed by atoms with Crippen LogP contribution in [-0.2, 0) is 6.54 Å². The van der Waals surface area contributed by atoms with Crippen LogP contribution in [0, 0.1) is 5.92 Å². The Labute approximate surface area is 123 Å². The van der Waals surface area contributed by atoms with Crippen LogP contribution >= 0.6 is 15.9 Å². The maximum atomic E-state index is 5.73. The molecule has 0 aliphatic carbocycles. The quantitative estimate of drug-likeness (QED) is 0.835. The van der Waals surface area contributed by atoms with Gasteiger partial charge < -0.3 is 14.8 Å². The second-order valence-electron chi connectivity index (χ2n) is 5.31. The average Bonchev–Trinajstić information content (AvgIpc) is 2.60. The summed E-state index contributed by atoms with van der Waals surface area (Å²) < 4.78 is 12.4. The fourth-order valence-electron chi connectivity index (χ4n) is 2.01. The van der Waals surface area contributed by atoms with Crippen LogP contribution in [0.2, 0.25) is 0 Å².